The lowest BCUT2D eigenvalue weighted by Gasteiger charge is -2.15. The van der Waals surface area contributed by atoms with E-state index in [2.05, 4.69) is 10.3 Å². The summed E-state index contributed by atoms with van der Waals surface area (Å²) in [5.74, 6) is 0.419. The molecule has 1 aromatic heterocycles. The Hall–Kier alpha value is -2.27. The van der Waals surface area contributed by atoms with Gasteiger partial charge < -0.3 is 15.1 Å². The molecular weight excluding hydrogens is 300 g/mol. The average molecular weight is 319 g/mol. The van der Waals surface area contributed by atoms with Crippen molar-refractivity contribution in [1.29, 1.82) is 0 Å². The molecule has 1 heterocycles. The summed E-state index contributed by atoms with van der Waals surface area (Å²) in [5.41, 5.74) is 2.22. The zero-order valence-corrected chi connectivity index (χ0v) is 13.8. The first-order valence-electron chi connectivity index (χ1n) is 6.80. The molecule has 0 saturated carbocycles. The van der Waals surface area contributed by atoms with Gasteiger partial charge in [-0.1, -0.05) is 17.7 Å². The van der Waals surface area contributed by atoms with E-state index in [9.17, 15) is 4.79 Å². The zero-order chi connectivity index (χ0) is 16.3. The maximum atomic E-state index is 12.4. The Morgan fingerprint density at radius 2 is 1.82 bits per heavy atom. The molecule has 0 bridgehead atoms. The highest BCUT2D eigenvalue weighted by Gasteiger charge is 2.11. The minimum atomic E-state index is -0.219. The van der Waals surface area contributed by atoms with E-state index in [-0.39, 0.29) is 5.91 Å². The highest BCUT2D eigenvalue weighted by atomic mass is 35.5. The summed E-state index contributed by atoms with van der Waals surface area (Å²) in [6.07, 6.45) is 0. The Labute approximate surface area is 135 Å². The minimum Gasteiger partial charge on any atom is -0.378 e. The smallest absolute Gasteiger partial charge is 0.255 e. The van der Waals surface area contributed by atoms with E-state index < -0.39 is 0 Å². The lowest BCUT2D eigenvalue weighted by Crippen LogP contribution is -2.16. The van der Waals surface area contributed by atoms with Gasteiger partial charge in [0.05, 0.1) is 0 Å². The van der Waals surface area contributed by atoms with Crippen LogP contribution in [-0.2, 0) is 0 Å². The summed E-state index contributed by atoms with van der Waals surface area (Å²) in [6, 6.07) is 10.9. The van der Waals surface area contributed by atoms with Crippen molar-refractivity contribution in [2.24, 2.45) is 0 Å². The number of nitrogens with zero attached hydrogens (tertiary/aromatic N) is 3. The van der Waals surface area contributed by atoms with Crippen LogP contribution in [0.15, 0.2) is 36.4 Å². The molecule has 5 nitrogen and oxygen atoms in total. The second-order valence-electron chi connectivity index (χ2n) is 5.33. The van der Waals surface area contributed by atoms with E-state index in [4.69, 9.17) is 11.6 Å². The molecule has 0 aliphatic heterocycles. The predicted octanol–water partition coefficient (Wildman–Crippen LogP) is 3.12. The third kappa shape index (κ3) is 3.89. The topological polar surface area (TPSA) is 48.5 Å². The molecule has 0 aliphatic rings. The van der Waals surface area contributed by atoms with E-state index in [1.165, 1.54) is 0 Å². The molecule has 0 saturated heterocycles. The van der Waals surface area contributed by atoms with Crippen LogP contribution in [0.25, 0.3) is 0 Å². The number of carbonyl (C=O) groups is 1. The van der Waals surface area contributed by atoms with Crippen LogP contribution in [0.4, 0.5) is 17.2 Å². The summed E-state index contributed by atoms with van der Waals surface area (Å²) < 4.78 is 0. The third-order valence-electron chi connectivity index (χ3n) is 3.12. The molecule has 2 aromatic rings. The number of pyridine rings is 1. The normalized spacial score (nSPS) is 10.2. The number of carbonyl (C=O) groups excluding carboxylic acids is 1. The molecule has 6 heteroatoms. The molecule has 0 radical (unpaired) electrons. The van der Waals surface area contributed by atoms with Crippen LogP contribution < -0.4 is 15.1 Å². The molecule has 0 unspecified atom stereocenters. The summed E-state index contributed by atoms with van der Waals surface area (Å²) >= 11 is 5.98. The fourth-order valence-electron chi connectivity index (χ4n) is 1.91. The summed E-state index contributed by atoms with van der Waals surface area (Å²) in [5, 5.41) is 3.17. The van der Waals surface area contributed by atoms with Gasteiger partial charge in [-0.2, -0.15) is 0 Å². The highest BCUT2D eigenvalue weighted by Crippen LogP contribution is 2.20. The Morgan fingerprint density at radius 3 is 2.45 bits per heavy atom. The number of aromatic nitrogens is 1. The van der Waals surface area contributed by atoms with Crippen LogP contribution in [0.5, 0.6) is 0 Å². The number of hydrogen-bond donors (Lipinski definition) is 1. The van der Waals surface area contributed by atoms with Gasteiger partial charge in [0.25, 0.3) is 5.91 Å². The van der Waals surface area contributed by atoms with Crippen LogP contribution in [0.3, 0.4) is 0 Å². The molecule has 1 N–H and O–H groups in total. The minimum absolute atomic E-state index is 0.219. The summed E-state index contributed by atoms with van der Waals surface area (Å²) in [4.78, 5) is 20.3. The number of benzene rings is 1. The van der Waals surface area contributed by atoms with Crippen molar-refractivity contribution in [3.63, 3.8) is 0 Å². The Morgan fingerprint density at radius 1 is 1.09 bits per heavy atom. The summed E-state index contributed by atoms with van der Waals surface area (Å²) in [7, 11) is 7.60. The number of nitrogens with one attached hydrogen (secondary N) is 1. The van der Waals surface area contributed by atoms with Crippen LogP contribution in [0.2, 0.25) is 5.15 Å². The molecule has 2 rings (SSSR count). The Balaban J connectivity index is 2.24. The fraction of sp³-hybridized carbons (Fsp3) is 0.250. The van der Waals surface area contributed by atoms with Gasteiger partial charge in [-0.05, 0) is 30.3 Å². The Kier molecular flexibility index (Phi) is 4.88. The molecule has 1 amide bonds. The molecule has 0 fully saturated rings. The molecule has 0 atom stereocenters. The highest BCUT2D eigenvalue weighted by molar-refractivity contribution is 6.30. The second-order valence-corrected chi connectivity index (χ2v) is 5.72. The van der Waals surface area contributed by atoms with E-state index in [1.807, 2.05) is 57.4 Å². The van der Waals surface area contributed by atoms with Crippen molar-refractivity contribution in [1.82, 2.24) is 4.98 Å². The number of anilines is 3. The van der Waals surface area contributed by atoms with Crippen molar-refractivity contribution < 1.29 is 4.79 Å². The first kappa shape index (κ1) is 16.1. The van der Waals surface area contributed by atoms with Crippen LogP contribution >= 0.6 is 11.6 Å². The molecule has 0 aliphatic carbocycles. The van der Waals surface area contributed by atoms with Crippen molar-refractivity contribution >= 4 is 34.7 Å². The van der Waals surface area contributed by atoms with Gasteiger partial charge in [0.2, 0.25) is 0 Å². The van der Waals surface area contributed by atoms with Crippen molar-refractivity contribution in [3.05, 3.63) is 47.1 Å². The molecule has 116 valence electrons. The zero-order valence-electron chi connectivity index (χ0n) is 13.1. The molecular formula is C16H19ClN4O. The molecule has 22 heavy (non-hydrogen) atoms. The first-order valence-corrected chi connectivity index (χ1v) is 7.18. The Bertz CT molecular complexity index is 686. The first-order chi connectivity index (χ1) is 10.4. The fourth-order valence-corrected chi connectivity index (χ4v) is 2.11. The van der Waals surface area contributed by atoms with Crippen molar-refractivity contribution in [3.8, 4) is 0 Å². The maximum Gasteiger partial charge on any atom is 0.255 e. The van der Waals surface area contributed by atoms with Gasteiger partial charge in [-0.25, -0.2) is 4.98 Å². The predicted molar refractivity (Wildman–Crippen MR) is 92.3 cm³/mol. The maximum absolute atomic E-state index is 12.4. The largest absolute Gasteiger partial charge is 0.378 e. The third-order valence-corrected chi connectivity index (χ3v) is 3.31. The van der Waals surface area contributed by atoms with Gasteiger partial charge >= 0.3 is 0 Å². The number of amides is 1. The SMILES string of the molecule is CN(C)c1cccc(NC(=O)c2cc(Cl)nc(N(C)C)c2)c1. The standard InChI is InChI=1S/C16H19ClN4O/c1-20(2)13-7-5-6-12(10-13)18-16(22)11-8-14(17)19-15(9-11)21(3)4/h5-10H,1-4H3,(H,18,22). The second kappa shape index (κ2) is 6.66. The lowest BCUT2D eigenvalue weighted by molar-refractivity contribution is 0.102. The van der Waals surface area contributed by atoms with Gasteiger partial charge in [-0.3, -0.25) is 4.79 Å². The van der Waals surface area contributed by atoms with Gasteiger partial charge in [0.1, 0.15) is 11.0 Å². The quantitative estimate of drug-likeness (QED) is 0.880. The van der Waals surface area contributed by atoms with E-state index in [0.717, 1.165) is 11.4 Å². The van der Waals surface area contributed by atoms with Crippen molar-refractivity contribution in [2.45, 2.75) is 0 Å². The monoisotopic (exact) mass is 318 g/mol. The van der Waals surface area contributed by atoms with Crippen LogP contribution in [0.1, 0.15) is 10.4 Å². The van der Waals surface area contributed by atoms with E-state index in [0.29, 0.717) is 16.5 Å². The van der Waals surface area contributed by atoms with E-state index in [1.54, 1.807) is 17.0 Å². The average Bonchev–Trinajstić information content (AvgIpc) is 2.46. The number of hydrogen-bond acceptors (Lipinski definition) is 4. The number of halogens is 1. The van der Waals surface area contributed by atoms with Gasteiger partial charge in [0, 0.05) is 45.1 Å². The van der Waals surface area contributed by atoms with E-state index >= 15 is 0 Å². The van der Waals surface area contributed by atoms with Crippen LogP contribution in [-0.4, -0.2) is 39.1 Å². The van der Waals surface area contributed by atoms with Gasteiger partial charge in [-0.15, -0.1) is 0 Å². The summed E-state index contributed by atoms with van der Waals surface area (Å²) in [6.45, 7) is 0. The molecule has 1 aromatic carbocycles. The number of rotatable bonds is 4. The van der Waals surface area contributed by atoms with Crippen LogP contribution in [0, 0.1) is 0 Å². The van der Waals surface area contributed by atoms with Crippen molar-refractivity contribution in [2.75, 3.05) is 43.3 Å². The van der Waals surface area contributed by atoms with Gasteiger partial charge in [0.15, 0.2) is 0 Å². The lowest BCUT2D eigenvalue weighted by atomic mass is 10.2. The molecule has 0 spiro atoms.